The molecule has 0 unspecified atom stereocenters. The number of carbonyl (C=O) groups is 2. The van der Waals surface area contributed by atoms with E-state index in [4.69, 9.17) is 9.57 Å². The molecule has 204 valence electrons. The van der Waals surface area contributed by atoms with E-state index in [1.807, 2.05) is 0 Å². The summed E-state index contributed by atoms with van der Waals surface area (Å²) in [5.41, 5.74) is 1.58. The average molecular weight is 502 g/mol. The summed E-state index contributed by atoms with van der Waals surface area (Å²) >= 11 is 0. The highest BCUT2D eigenvalue weighted by atomic mass is 16.7. The Morgan fingerprint density at radius 3 is 2.31 bits per heavy atom. The number of ether oxygens (including phenoxy) is 1. The third-order valence-corrected chi connectivity index (χ3v) is 11.3. The predicted molar refractivity (Wildman–Crippen MR) is 143 cm³/mol. The molecule has 4 aliphatic carbocycles. The van der Waals surface area contributed by atoms with Crippen LogP contribution in [0.2, 0.25) is 0 Å². The minimum absolute atomic E-state index is 0.0592. The summed E-state index contributed by atoms with van der Waals surface area (Å²) in [4.78, 5) is 28.7. The van der Waals surface area contributed by atoms with Crippen molar-refractivity contribution in [2.75, 3.05) is 0 Å². The van der Waals surface area contributed by atoms with Crippen LogP contribution >= 0.6 is 0 Å². The number of oxime groups is 1. The normalized spacial score (nSPS) is 41.8. The van der Waals surface area contributed by atoms with Crippen molar-refractivity contribution in [2.45, 2.75) is 125 Å². The molecule has 9 atom stereocenters. The van der Waals surface area contributed by atoms with E-state index in [2.05, 4.69) is 39.8 Å². The fourth-order valence-electron chi connectivity index (χ4n) is 9.62. The summed E-state index contributed by atoms with van der Waals surface area (Å²) in [5.74, 6) is 4.05. The van der Waals surface area contributed by atoms with Gasteiger partial charge in [0, 0.05) is 19.8 Å². The number of rotatable bonds is 7. The molecule has 0 aromatic rings. The fraction of sp³-hybridized carbons (Fsp3) is 0.903. The molecule has 4 fully saturated rings. The summed E-state index contributed by atoms with van der Waals surface area (Å²) in [7, 11) is 0. The molecular formula is C31H51NO4. The molecule has 0 N–H and O–H groups in total. The van der Waals surface area contributed by atoms with Gasteiger partial charge in [-0.3, -0.25) is 4.79 Å². The zero-order valence-electron chi connectivity index (χ0n) is 24.0. The highest BCUT2D eigenvalue weighted by Gasteiger charge is 2.62. The van der Waals surface area contributed by atoms with Gasteiger partial charge in [-0.25, -0.2) is 4.79 Å². The van der Waals surface area contributed by atoms with Gasteiger partial charge < -0.3 is 9.57 Å². The molecule has 5 heteroatoms. The summed E-state index contributed by atoms with van der Waals surface area (Å²) in [5, 5.41) is 4.49. The zero-order valence-corrected chi connectivity index (χ0v) is 24.0. The van der Waals surface area contributed by atoms with Gasteiger partial charge in [0.05, 0.1) is 5.71 Å². The van der Waals surface area contributed by atoms with Crippen LogP contribution in [0, 0.1) is 52.3 Å². The molecule has 0 aromatic heterocycles. The molecule has 0 radical (unpaired) electrons. The van der Waals surface area contributed by atoms with Gasteiger partial charge in [0.2, 0.25) is 0 Å². The van der Waals surface area contributed by atoms with Crippen molar-refractivity contribution in [1.29, 1.82) is 0 Å². The Balaban J connectivity index is 1.57. The van der Waals surface area contributed by atoms with Crippen molar-refractivity contribution in [2.24, 2.45) is 57.4 Å². The highest BCUT2D eigenvalue weighted by molar-refractivity contribution is 5.89. The lowest BCUT2D eigenvalue weighted by Crippen LogP contribution is -2.57. The van der Waals surface area contributed by atoms with Crippen molar-refractivity contribution >= 4 is 17.7 Å². The van der Waals surface area contributed by atoms with Crippen LogP contribution < -0.4 is 0 Å². The number of fused-ring (bicyclic) bond motifs is 5. The summed E-state index contributed by atoms with van der Waals surface area (Å²) in [6.07, 6.45) is 13.0. The van der Waals surface area contributed by atoms with Gasteiger partial charge in [-0.1, -0.05) is 59.0 Å². The molecule has 5 nitrogen and oxygen atoms in total. The van der Waals surface area contributed by atoms with Crippen molar-refractivity contribution in [3.05, 3.63) is 0 Å². The highest BCUT2D eigenvalue weighted by Crippen LogP contribution is 2.68. The maximum atomic E-state index is 11.7. The second-order valence-electron chi connectivity index (χ2n) is 13.8. The molecule has 0 amide bonds. The van der Waals surface area contributed by atoms with Crippen LogP contribution in [0.3, 0.4) is 0 Å². The number of esters is 1. The van der Waals surface area contributed by atoms with Crippen molar-refractivity contribution in [3.63, 3.8) is 0 Å². The van der Waals surface area contributed by atoms with Crippen LogP contribution in [0.25, 0.3) is 0 Å². The molecule has 0 bridgehead atoms. The number of hydrogen-bond donors (Lipinski definition) is 0. The monoisotopic (exact) mass is 501 g/mol. The summed E-state index contributed by atoms with van der Waals surface area (Å²) in [6, 6.07) is 0. The Labute approximate surface area is 219 Å². The van der Waals surface area contributed by atoms with Gasteiger partial charge in [-0.15, -0.1) is 0 Å². The lowest BCUT2D eigenvalue weighted by molar-refractivity contribution is -0.153. The molecule has 0 spiro atoms. The largest absolute Gasteiger partial charge is 0.463 e. The van der Waals surface area contributed by atoms with E-state index in [1.54, 1.807) is 0 Å². The molecule has 0 saturated heterocycles. The van der Waals surface area contributed by atoms with Gasteiger partial charge in [0.15, 0.2) is 0 Å². The number of nitrogens with zero attached hydrogens (tertiary/aromatic N) is 1. The first-order valence-electron chi connectivity index (χ1n) is 14.9. The van der Waals surface area contributed by atoms with E-state index in [1.165, 1.54) is 58.8 Å². The zero-order chi connectivity index (χ0) is 26.3. The summed E-state index contributed by atoms with van der Waals surface area (Å²) in [6.45, 7) is 15.2. The van der Waals surface area contributed by atoms with Crippen molar-refractivity contribution < 1.29 is 19.2 Å². The topological polar surface area (TPSA) is 65.0 Å². The minimum Gasteiger partial charge on any atom is -0.463 e. The standard InChI is InChI=1S/C31H51NO4/c1-19(2)9-8-10-20(3)25-11-12-26-24-18-29(32-36-22(5)34)28-17-23(35-21(4)33)13-15-31(28,7)27(24)14-16-30(25,26)6/h19-20,23-28H,8-18H2,1-7H3/b32-29-/t20-,23+,24+,25-,26+,27+,28-,30-,31-/m1/s1. The number of hydrogen-bond acceptors (Lipinski definition) is 5. The van der Waals surface area contributed by atoms with Crippen LogP contribution in [-0.4, -0.2) is 23.8 Å². The Morgan fingerprint density at radius 1 is 0.944 bits per heavy atom. The quantitative estimate of drug-likeness (QED) is 0.205. The first-order valence-corrected chi connectivity index (χ1v) is 14.9. The van der Waals surface area contributed by atoms with Crippen LogP contribution in [0.1, 0.15) is 119 Å². The second-order valence-corrected chi connectivity index (χ2v) is 13.8. The van der Waals surface area contributed by atoms with Crippen LogP contribution in [0.5, 0.6) is 0 Å². The maximum absolute atomic E-state index is 11.7. The van der Waals surface area contributed by atoms with Crippen LogP contribution in [0.4, 0.5) is 0 Å². The van der Waals surface area contributed by atoms with E-state index >= 15 is 0 Å². The third kappa shape index (κ3) is 5.27. The first-order chi connectivity index (χ1) is 17.0. The van der Waals surface area contributed by atoms with Crippen molar-refractivity contribution in [3.8, 4) is 0 Å². The minimum atomic E-state index is -0.358. The average Bonchev–Trinajstić information content (AvgIpc) is 3.14. The van der Waals surface area contributed by atoms with E-state index in [0.29, 0.717) is 17.3 Å². The van der Waals surface area contributed by atoms with Crippen LogP contribution in [0.15, 0.2) is 5.16 Å². The molecule has 0 heterocycles. The van der Waals surface area contributed by atoms with E-state index < -0.39 is 0 Å². The molecular weight excluding hydrogens is 450 g/mol. The lowest BCUT2D eigenvalue weighted by Gasteiger charge is -2.61. The predicted octanol–water partition coefficient (Wildman–Crippen LogP) is 7.57. The summed E-state index contributed by atoms with van der Waals surface area (Å²) < 4.78 is 5.67. The SMILES string of the molecule is CC(=O)O/N=C1/C[C@@H]2[C@H](CC[C@]3(C)[C@@H]([C@H](C)CCCC(C)C)CC[C@@H]23)[C@@]2(C)CC[C@H](OC(C)=O)C[C@H]12. The van der Waals surface area contributed by atoms with Crippen molar-refractivity contribution in [1.82, 2.24) is 0 Å². The first kappa shape index (κ1) is 27.6. The Kier molecular flexibility index (Phi) is 8.27. The van der Waals surface area contributed by atoms with Gasteiger partial charge in [-0.2, -0.15) is 0 Å². The molecule has 4 aliphatic rings. The Morgan fingerprint density at radius 2 is 1.64 bits per heavy atom. The third-order valence-electron chi connectivity index (χ3n) is 11.3. The molecule has 4 saturated carbocycles. The fourth-order valence-corrected chi connectivity index (χ4v) is 9.62. The molecule has 36 heavy (non-hydrogen) atoms. The Hall–Kier alpha value is -1.39. The number of carbonyl (C=O) groups excluding carboxylic acids is 2. The van der Waals surface area contributed by atoms with E-state index in [-0.39, 0.29) is 29.4 Å². The van der Waals surface area contributed by atoms with Crippen LogP contribution in [-0.2, 0) is 19.2 Å². The second kappa shape index (κ2) is 10.8. The Bertz CT molecular complexity index is 852. The van der Waals surface area contributed by atoms with E-state index in [9.17, 15) is 9.59 Å². The molecule has 0 aromatic carbocycles. The molecule has 4 rings (SSSR count). The lowest BCUT2D eigenvalue weighted by atomic mass is 9.44. The van der Waals surface area contributed by atoms with Gasteiger partial charge in [0.1, 0.15) is 6.10 Å². The van der Waals surface area contributed by atoms with Gasteiger partial charge in [-0.05, 0) is 97.7 Å². The smallest absolute Gasteiger partial charge is 0.331 e. The maximum Gasteiger partial charge on any atom is 0.331 e. The molecule has 0 aliphatic heterocycles. The van der Waals surface area contributed by atoms with Gasteiger partial charge >= 0.3 is 11.9 Å². The van der Waals surface area contributed by atoms with Gasteiger partial charge in [0.25, 0.3) is 0 Å². The van der Waals surface area contributed by atoms with E-state index in [0.717, 1.165) is 55.1 Å².